The third-order valence-electron chi connectivity index (χ3n) is 7.17. The van der Waals surface area contributed by atoms with Crippen molar-refractivity contribution in [3.05, 3.63) is 65.2 Å². The number of benzene rings is 2. The quantitative estimate of drug-likeness (QED) is 0.388. The van der Waals surface area contributed by atoms with Crippen molar-refractivity contribution in [3.8, 4) is 5.75 Å². The normalized spacial score (nSPS) is 17.5. The van der Waals surface area contributed by atoms with Crippen LogP contribution in [0.5, 0.6) is 5.75 Å². The lowest BCUT2D eigenvalue weighted by atomic mass is 9.92. The summed E-state index contributed by atoms with van der Waals surface area (Å²) in [4.78, 5) is 0. The van der Waals surface area contributed by atoms with Crippen molar-refractivity contribution in [1.82, 2.24) is 0 Å². The van der Waals surface area contributed by atoms with Gasteiger partial charge in [-0.2, -0.15) is 0 Å². The number of fused-ring (bicyclic) bond motifs is 1. The van der Waals surface area contributed by atoms with Crippen molar-refractivity contribution in [2.24, 2.45) is 0 Å². The molecule has 2 aromatic carbocycles. The fraction of sp³-hybridized carbons (Fsp3) is 0.571. The van der Waals surface area contributed by atoms with Crippen molar-refractivity contribution in [3.63, 3.8) is 0 Å². The van der Waals surface area contributed by atoms with Crippen LogP contribution < -0.4 is 4.74 Å². The summed E-state index contributed by atoms with van der Waals surface area (Å²) in [6.07, 6.45) is 6.18. The van der Waals surface area contributed by atoms with Crippen molar-refractivity contribution < 1.29 is 9.16 Å². The fourth-order valence-electron chi connectivity index (χ4n) is 5.70. The number of hydrogen-bond acceptors (Lipinski definition) is 2. The van der Waals surface area contributed by atoms with E-state index in [4.69, 9.17) is 9.16 Å². The number of rotatable bonds is 8. The lowest BCUT2D eigenvalue weighted by Crippen LogP contribution is -2.50. The maximum Gasteiger partial charge on any atom is 0.200 e. The van der Waals surface area contributed by atoms with Crippen molar-refractivity contribution in [1.29, 1.82) is 0 Å². The van der Waals surface area contributed by atoms with Gasteiger partial charge < -0.3 is 9.16 Å². The van der Waals surface area contributed by atoms with Gasteiger partial charge in [0, 0.05) is 6.10 Å². The number of hydrogen-bond donors (Lipinski definition) is 0. The molecular weight excluding hydrogens is 396 g/mol. The Hall–Kier alpha value is -1.58. The zero-order valence-electron chi connectivity index (χ0n) is 20.5. The molecule has 0 N–H and O–H groups in total. The molecule has 1 unspecified atom stereocenters. The largest absolute Gasteiger partial charge is 0.489 e. The molecule has 3 heteroatoms. The van der Waals surface area contributed by atoms with E-state index >= 15 is 0 Å². The van der Waals surface area contributed by atoms with E-state index in [1.807, 2.05) is 6.07 Å². The Morgan fingerprint density at radius 3 is 2.16 bits per heavy atom. The van der Waals surface area contributed by atoms with E-state index in [-0.39, 0.29) is 0 Å². The molecule has 1 atom stereocenters. The Bertz CT molecular complexity index is 791. The molecular formula is C28H42O2Si. The molecule has 0 spiro atoms. The summed E-state index contributed by atoms with van der Waals surface area (Å²) in [6, 6.07) is 17.1. The molecule has 31 heavy (non-hydrogen) atoms. The second-order valence-corrected chi connectivity index (χ2v) is 15.6. The van der Waals surface area contributed by atoms with Gasteiger partial charge in [0.15, 0.2) is 0 Å². The van der Waals surface area contributed by atoms with E-state index in [0.29, 0.717) is 29.3 Å². The Labute approximate surface area is 191 Å². The summed E-state index contributed by atoms with van der Waals surface area (Å²) >= 11 is 0. The van der Waals surface area contributed by atoms with E-state index in [1.165, 1.54) is 42.4 Å². The first-order valence-electron chi connectivity index (χ1n) is 12.3. The van der Waals surface area contributed by atoms with Crippen LogP contribution in [0.4, 0.5) is 0 Å². The highest BCUT2D eigenvalue weighted by atomic mass is 28.4. The number of ether oxygens (including phenoxy) is 1. The van der Waals surface area contributed by atoms with Crippen molar-refractivity contribution >= 4 is 8.32 Å². The van der Waals surface area contributed by atoms with Gasteiger partial charge in [-0.15, -0.1) is 0 Å². The fourth-order valence-corrected chi connectivity index (χ4v) is 11.3. The van der Waals surface area contributed by atoms with Crippen LogP contribution in [0, 0.1) is 0 Å². The summed E-state index contributed by atoms with van der Waals surface area (Å²) < 4.78 is 13.4. The molecule has 2 aromatic rings. The van der Waals surface area contributed by atoms with E-state index in [1.54, 1.807) is 0 Å². The molecule has 1 aliphatic carbocycles. The summed E-state index contributed by atoms with van der Waals surface area (Å²) in [5, 5.41) is 0. The van der Waals surface area contributed by atoms with E-state index in [2.05, 4.69) is 84.0 Å². The van der Waals surface area contributed by atoms with Crippen LogP contribution in [0.1, 0.15) is 77.5 Å². The first-order valence-corrected chi connectivity index (χ1v) is 14.4. The van der Waals surface area contributed by atoms with Crippen LogP contribution in [0.15, 0.2) is 48.5 Å². The van der Waals surface area contributed by atoms with Gasteiger partial charge in [0.2, 0.25) is 8.32 Å². The maximum atomic E-state index is 7.22. The standard InChI is InChI=1S/C28H42O2Si/c1-21(2)31(22(3)4,23(5)6)30-28-15-11-10-14-25-16-17-27(18-26(25)19-28)29-20-24-12-8-7-9-13-24/h7-9,12-13,16-18,21-23,28H,10-11,14-15,19-20H2,1-6H3. The Morgan fingerprint density at radius 1 is 0.839 bits per heavy atom. The van der Waals surface area contributed by atoms with Gasteiger partial charge in [-0.1, -0.05) is 84.4 Å². The molecule has 170 valence electrons. The summed E-state index contributed by atoms with van der Waals surface area (Å²) in [6.45, 7) is 14.9. The highest BCUT2D eigenvalue weighted by Gasteiger charge is 2.46. The third kappa shape index (κ3) is 5.81. The van der Waals surface area contributed by atoms with Crippen molar-refractivity contribution in [2.45, 2.75) is 103 Å². The van der Waals surface area contributed by atoms with Gasteiger partial charge in [0.1, 0.15) is 12.4 Å². The molecule has 0 heterocycles. The van der Waals surface area contributed by atoms with Gasteiger partial charge in [-0.05, 0) is 71.1 Å². The molecule has 1 aliphatic rings. The molecule has 0 saturated heterocycles. The lowest BCUT2D eigenvalue weighted by Gasteiger charge is -2.45. The van der Waals surface area contributed by atoms with Gasteiger partial charge in [0.25, 0.3) is 0 Å². The highest BCUT2D eigenvalue weighted by molar-refractivity contribution is 6.77. The van der Waals surface area contributed by atoms with E-state index < -0.39 is 8.32 Å². The lowest BCUT2D eigenvalue weighted by molar-refractivity contribution is 0.158. The monoisotopic (exact) mass is 438 g/mol. The van der Waals surface area contributed by atoms with Gasteiger partial charge in [-0.3, -0.25) is 0 Å². The Morgan fingerprint density at radius 2 is 1.52 bits per heavy atom. The Balaban J connectivity index is 1.80. The average Bonchev–Trinajstić information content (AvgIpc) is 2.72. The first kappa shape index (κ1) is 24.1. The molecule has 0 saturated carbocycles. The zero-order chi connectivity index (χ0) is 22.4. The van der Waals surface area contributed by atoms with Crippen LogP contribution in [0.25, 0.3) is 0 Å². The van der Waals surface area contributed by atoms with Crippen LogP contribution in [-0.4, -0.2) is 14.4 Å². The van der Waals surface area contributed by atoms with Crippen LogP contribution in [-0.2, 0) is 23.9 Å². The summed E-state index contributed by atoms with van der Waals surface area (Å²) in [5.74, 6) is 0.974. The van der Waals surface area contributed by atoms with E-state index in [9.17, 15) is 0 Å². The third-order valence-corrected chi connectivity index (χ3v) is 13.3. The topological polar surface area (TPSA) is 18.5 Å². The average molecular weight is 439 g/mol. The van der Waals surface area contributed by atoms with Crippen molar-refractivity contribution in [2.75, 3.05) is 0 Å². The molecule has 0 fully saturated rings. The molecule has 0 amide bonds. The maximum absolute atomic E-state index is 7.22. The SMILES string of the molecule is CC(C)[Si](OC1CCCCc2ccc(OCc3ccccc3)cc2C1)(C(C)C)C(C)C. The smallest absolute Gasteiger partial charge is 0.200 e. The second kappa shape index (κ2) is 10.8. The highest BCUT2D eigenvalue weighted by Crippen LogP contribution is 2.44. The minimum atomic E-state index is -1.88. The molecule has 0 aromatic heterocycles. The molecule has 2 nitrogen and oxygen atoms in total. The minimum Gasteiger partial charge on any atom is -0.489 e. The number of aryl methyl sites for hydroxylation is 1. The molecule has 3 rings (SSSR count). The second-order valence-electron chi connectivity index (χ2n) is 10.2. The summed E-state index contributed by atoms with van der Waals surface area (Å²) in [7, 11) is -1.88. The van der Waals surface area contributed by atoms with Crippen LogP contribution >= 0.6 is 0 Å². The van der Waals surface area contributed by atoms with Crippen LogP contribution in [0.3, 0.4) is 0 Å². The predicted octanol–water partition coefficient (Wildman–Crippen LogP) is 8.10. The predicted molar refractivity (Wildman–Crippen MR) is 134 cm³/mol. The minimum absolute atomic E-state index is 0.322. The summed E-state index contributed by atoms with van der Waals surface area (Å²) in [5.41, 5.74) is 5.98. The first-order chi connectivity index (χ1) is 14.8. The van der Waals surface area contributed by atoms with E-state index in [0.717, 1.165) is 12.2 Å². The molecule has 0 radical (unpaired) electrons. The van der Waals surface area contributed by atoms with Gasteiger partial charge in [-0.25, -0.2) is 0 Å². The molecule has 0 aliphatic heterocycles. The zero-order valence-corrected chi connectivity index (χ0v) is 21.5. The molecule has 0 bridgehead atoms. The Kier molecular flexibility index (Phi) is 8.41. The van der Waals surface area contributed by atoms with Crippen LogP contribution in [0.2, 0.25) is 16.6 Å². The van der Waals surface area contributed by atoms with Gasteiger partial charge >= 0.3 is 0 Å². The van der Waals surface area contributed by atoms with Gasteiger partial charge in [0.05, 0.1) is 0 Å².